The molecule has 0 fully saturated rings. The molecule has 0 aliphatic carbocycles. The Balaban J connectivity index is 2.16. The number of ether oxygens (including phenoxy) is 1. The third-order valence-electron chi connectivity index (χ3n) is 2.13. The van der Waals surface area contributed by atoms with Crippen LogP contribution in [0, 0.1) is 0 Å². The first kappa shape index (κ1) is 11.2. The molecule has 0 aromatic heterocycles. The summed E-state index contributed by atoms with van der Waals surface area (Å²) in [5.74, 6) is 0. The molecule has 1 rings (SSSR count). The zero-order valence-corrected chi connectivity index (χ0v) is 8.99. The average molecular weight is 193 g/mol. The fourth-order valence-electron chi connectivity index (χ4n) is 1.37. The van der Waals surface area contributed by atoms with E-state index in [1.807, 2.05) is 13.1 Å². The smallest absolute Gasteiger partial charge is 0.0671 e. The largest absolute Gasteiger partial charge is 0.377 e. The lowest BCUT2D eigenvalue weighted by Crippen LogP contribution is -2.24. The van der Waals surface area contributed by atoms with E-state index in [2.05, 4.69) is 36.5 Å². The lowest BCUT2D eigenvalue weighted by molar-refractivity contribution is 0.0696. The van der Waals surface area contributed by atoms with Gasteiger partial charge in [0, 0.05) is 6.54 Å². The maximum Gasteiger partial charge on any atom is 0.0671 e. The molecule has 1 atom stereocenters. The maximum absolute atomic E-state index is 5.62. The Morgan fingerprint density at radius 1 is 1.29 bits per heavy atom. The molecule has 0 saturated carbocycles. The second-order valence-electron chi connectivity index (χ2n) is 3.47. The standard InChI is InChI=1S/C12H19NO/c1-11(10-13-2)14-9-8-12-6-4-3-5-7-12/h3-7,11,13H,8-10H2,1-2H3. The van der Waals surface area contributed by atoms with Crippen molar-refractivity contribution < 1.29 is 4.74 Å². The highest BCUT2D eigenvalue weighted by Crippen LogP contribution is 2.00. The number of rotatable bonds is 6. The van der Waals surface area contributed by atoms with Gasteiger partial charge in [-0.25, -0.2) is 0 Å². The average Bonchev–Trinajstić information content (AvgIpc) is 2.20. The summed E-state index contributed by atoms with van der Waals surface area (Å²) in [6.07, 6.45) is 1.29. The van der Waals surface area contributed by atoms with Gasteiger partial charge in [0.05, 0.1) is 12.7 Å². The van der Waals surface area contributed by atoms with Gasteiger partial charge in [0.15, 0.2) is 0 Å². The van der Waals surface area contributed by atoms with E-state index >= 15 is 0 Å². The van der Waals surface area contributed by atoms with Crippen molar-refractivity contribution in [1.29, 1.82) is 0 Å². The predicted molar refractivity (Wildman–Crippen MR) is 59.5 cm³/mol. The summed E-state index contributed by atoms with van der Waals surface area (Å²) in [6.45, 7) is 3.79. The van der Waals surface area contributed by atoms with Crippen LogP contribution in [0.2, 0.25) is 0 Å². The van der Waals surface area contributed by atoms with Crippen molar-refractivity contribution in [2.75, 3.05) is 20.2 Å². The van der Waals surface area contributed by atoms with E-state index in [0.29, 0.717) is 6.10 Å². The molecule has 0 saturated heterocycles. The minimum atomic E-state index is 0.295. The first-order chi connectivity index (χ1) is 6.83. The third-order valence-corrected chi connectivity index (χ3v) is 2.13. The molecule has 1 aromatic rings. The Morgan fingerprint density at radius 3 is 2.64 bits per heavy atom. The van der Waals surface area contributed by atoms with Gasteiger partial charge in [-0.1, -0.05) is 30.3 Å². The van der Waals surface area contributed by atoms with Gasteiger partial charge in [-0.2, -0.15) is 0 Å². The van der Waals surface area contributed by atoms with Crippen LogP contribution >= 0.6 is 0 Å². The lowest BCUT2D eigenvalue weighted by atomic mass is 10.2. The van der Waals surface area contributed by atoms with Gasteiger partial charge in [0.2, 0.25) is 0 Å². The summed E-state index contributed by atoms with van der Waals surface area (Å²) in [6, 6.07) is 10.4. The molecule has 0 radical (unpaired) electrons. The molecule has 2 nitrogen and oxygen atoms in total. The van der Waals surface area contributed by atoms with Crippen LogP contribution < -0.4 is 5.32 Å². The monoisotopic (exact) mass is 193 g/mol. The molecule has 0 spiro atoms. The Morgan fingerprint density at radius 2 is 2.00 bits per heavy atom. The number of hydrogen-bond acceptors (Lipinski definition) is 2. The van der Waals surface area contributed by atoms with Crippen molar-refractivity contribution in [2.45, 2.75) is 19.4 Å². The highest BCUT2D eigenvalue weighted by Gasteiger charge is 1.99. The molecule has 0 amide bonds. The highest BCUT2D eigenvalue weighted by atomic mass is 16.5. The molecule has 78 valence electrons. The van der Waals surface area contributed by atoms with Crippen molar-refractivity contribution >= 4 is 0 Å². The van der Waals surface area contributed by atoms with Crippen LogP contribution in [0.15, 0.2) is 30.3 Å². The topological polar surface area (TPSA) is 21.3 Å². The van der Waals surface area contributed by atoms with Crippen LogP contribution in [0.1, 0.15) is 12.5 Å². The Bertz CT molecular complexity index is 235. The van der Waals surface area contributed by atoms with Crippen LogP contribution in [-0.2, 0) is 11.2 Å². The minimum absolute atomic E-state index is 0.295. The Hall–Kier alpha value is -0.860. The van der Waals surface area contributed by atoms with Gasteiger partial charge in [-0.15, -0.1) is 0 Å². The van der Waals surface area contributed by atoms with Crippen LogP contribution in [0.4, 0.5) is 0 Å². The Kier molecular flexibility index (Phi) is 5.27. The number of hydrogen-bond donors (Lipinski definition) is 1. The van der Waals surface area contributed by atoms with E-state index in [4.69, 9.17) is 4.74 Å². The van der Waals surface area contributed by atoms with Crippen molar-refractivity contribution in [3.8, 4) is 0 Å². The van der Waals surface area contributed by atoms with Gasteiger partial charge in [-0.3, -0.25) is 0 Å². The second-order valence-corrected chi connectivity index (χ2v) is 3.47. The molecule has 14 heavy (non-hydrogen) atoms. The molecule has 1 aromatic carbocycles. The van der Waals surface area contributed by atoms with Gasteiger partial charge in [0.25, 0.3) is 0 Å². The van der Waals surface area contributed by atoms with Crippen LogP contribution in [0.3, 0.4) is 0 Å². The molecule has 0 bridgehead atoms. The molecule has 2 heteroatoms. The molecule has 0 aliphatic rings. The van der Waals surface area contributed by atoms with E-state index in [0.717, 1.165) is 19.6 Å². The fraction of sp³-hybridized carbons (Fsp3) is 0.500. The van der Waals surface area contributed by atoms with Gasteiger partial charge < -0.3 is 10.1 Å². The van der Waals surface area contributed by atoms with E-state index in [9.17, 15) is 0 Å². The quantitative estimate of drug-likeness (QED) is 0.744. The molecule has 0 aliphatic heterocycles. The van der Waals surface area contributed by atoms with Crippen molar-refractivity contribution in [3.05, 3.63) is 35.9 Å². The maximum atomic E-state index is 5.62. The zero-order valence-electron chi connectivity index (χ0n) is 8.99. The second kappa shape index (κ2) is 6.57. The summed E-state index contributed by atoms with van der Waals surface area (Å²) < 4.78 is 5.62. The van der Waals surface area contributed by atoms with E-state index in [-0.39, 0.29) is 0 Å². The van der Waals surface area contributed by atoms with Crippen molar-refractivity contribution in [2.24, 2.45) is 0 Å². The summed E-state index contributed by atoms with van der Waals surface area (Å²) in [7, 11) is 1.94. The zero-order chi connectivity index (χ0) is 10.2. The normalized spacial score (nSPS) is 12.7. The summed E-state index contributed by atoms with van der Waals surface area (Å²) >= 11 is 0. The number of nitrogens with one attached hydrogen (secondary N) is 1. The summed E-state index contributed by atoms with van der Waals surface area (Å²) in [4.78, 5) is 0. The van der Waals surface area contributed by atoms with E-state index in [1.54, 1.807) is 0 Å². The first-order valence-corrected chi connectivity index (χ1v) is 5.13. The predicted octanol–water partition coefficient (Wildman–Crippen LogP) is 1.85. The fourth-order valence-corrected chi connectivity index (χ4v) is 1.37. The molecule has 1 N–H and O–H groups in total. The number of benzene rings is 1. The molecule has 1 unspecified atom stereocenters. The van der Waals surface area contributed by atoms with Crippen LogP contribution in [0.5, 0.6) is 0 Å². The first-order valence-electron chi connectivity index (χ1n) is 5.13. The van der Waals surface area contributed by atoms with Gasteiger partial charge >= 0.3 is 0 Å². The summed E-state index contributed by atoms with van der Waals surface area (Å²) in [5.41, 5.74) is 1.34. The van der Waals surface area contributed by atoms with E-state index < -0.39 is 0 Å². The van der Waals surface area contributed by atoms with Crippen LogP contribution in [-0.4, -0.2) is 26.3 Å². The third kappa shape index (κ3) is 4.40. The molecule has 0 heterocycles. The highest BCUT2D eigenvalue weighted by molar-refractivity contribution is 5.14. The molecular formula is C12H19NO. The summed E-state index contributed by atoms with van der Waals surface area (Å²) in [5, 5.41) is 3.09. The van der Waals surface area contributed by atoms with Crippen LogP contribution in [0.25, 0.3) is 0 Å². The van der Waals surface area contributed by atoms with Gasteiger partial charge in [0.1, 0.15) is 0 Å². The SMILES string of the molecule is CNCC(C)OCCc1ccccc1. The van der Waals surface area contributed by atoms with Crippen molar-refractivity contribution in [3.63, 3.8) is 0 Å². The minimum Gasteiger partial charge on any atom is -0.377 e. The van der Waals surface area contributed by atoms with Crippen molar-refractivity contribution in [1.82, 2.24) is 5.32 Å². The van der Waals surface area contributed by atoms with Gasteiger partial charge in [-0.05, 0) is 26.0 Å². The van der Waals surface area contributed by atoms with E-state index in [1.165, 1.54) is 5.56 Å². The molecular weight excluding hydrogens is 174 g/mol. The Labute approximate surface area is 86.3 Å². The number of likely N-dealkylation sites (N-methyl/N-ethyl adjacent to an activating group) is 1. The lowest BCUT2D eigenvalue weighted by Gasteiger charge is -2.11.